The molecule has 1 aromatic carbocycles. The molecule has 1 rings (SSSR count). The summed E-state index contributed by atoms with van der Waals surface area (Å²) in [6.07, 6.45) is 7.13. The van der Waals surface area contributed by atoms with E-state index in [2.05, 4.69) is 6.92 Å². The number of halogens is 3. The average Bonchev–Trinajstić information content (AvgIpc) is 2.40. The van der Waals surface area contributed by atoms with Crippen LogP contribution >= 0.6 is 34.8 Å². The molecule has 0 unspecified atom stereocenters. The molecule has 0 aliphatic carbocycles. The fourth-order valence-electron chi connectivity index (χ4n) is 1.81. The molecule has 0 atom stereocenters. The van der Waals surface area contributed by atoms with Gasteiger partial charge in [0.2, 0.25) is 0 Å². The van der Waals surface area contributed by atoms with Gasteiger partial charge in [-0.15, -0.1) is 0 Å². The van der Waals surface area contributed by atoms with Crippen molar-refractivity contribution in [2.75, 3.05) is 0 Å². The second-order valence-electron chi connectivity index (χ2n) is 4.69. The van der Waals surface area contributed by atoms with Crippen molar-refractivity contribution in [1.29, 1.82) is 0 Å². The molecule has 112 valence electrons. The van der Waals surface area contributed by atoms with Crippen LogP contribution in [0.25, 0.3) is 0 Å². The smallest absolute Gasteiger partial charge is 0.311 e. The van der Waals surface area contributed by atoms with Crippen LogP contribution in [-0.4, -0.2) is 5.97 Å². The SMILES string of the molecule is CCCCCCCCC(=O)Oc1cc(Cl)c(Cl)cc1Cl. The molecule has 0 aliphatic rings. The lowest BCUT2D eigenvalue weighted by atomic mass is 10.1. The van der Waals surface area contributed by atoms with E-state index in [0.717, 1.165) is 19.3 Å². The summed E-state index contributed by atoms with van der Waals surface area (Å²) in [5.41, 5.74) is 0. The molecule has 2 nitrogen and oxygen atoms in total. The van der Waals surface area contributed by atoms with E-state index in [4.69, 9.17) is 39.5 Å². The third-order valence-electron chi connectivity index (χ3n) is 2.93. The van der Waals surface area contributed by atoms with Crippen molar-refractivity contribution in [3.8, 4) is 5.75 Å². The quantitative estimate of drug-likeness (QED) is 0.241. The predicted octanol–water partition coefficient (Wildman–Crippen LogP) is 6.30. The Hall–Kier alpha value is -0.440. The number of rotatable bonds is 8. The zero-order chi connectivity index (χ0) is 15.0. The van der Waals surface area contributed by atoms with Gasteiger partial charge in [-0.05, 0) is 12.5 Å². The zero-order valence-electron chi connectivity index (χ0n) is 11.6. The summed E-state index contributed by atoms with van der Waals surface area (Å²) in [7, 11) is 0. The summed E-state index contributed by atoms with van der Waals surface area (Å²) in [6.45, 7) is 2.18. The minimum absolute atomic E-state index is 0.261. The van der Waals surface area contributed by atoms with Gasteiger partial charge >= 0.3 is 5.97 Å². The van der Waals surface area contributed by atoms with Crippen LogP contribution in [0.3, 0.4) is 0 Å². The number of hydrogen-bond acceptors (Lipinski definition) is 2. The van der Waals surface area contributed by atoms with Crippen molar-refractivity contribution in [2.24, 2.45) is 0 Å². The van der Waals surface area contributed by atoms with Crippen LogP contribution in [0, 0.1) is 0 Å². The minimum Gasteiger partial charge on any atom is -0.425 e. The molecule has 0 spiro atoms. The molecular formula is C15H19Cl3O2. The van der Waals surface area contributed by atoms with E-state index in [1.165, 1.54) is 31.4 Å². The van der Waals surface area contributed by atoms with Crippen LogP contribution in [-0.2, 0) is 4.79 Å². The Bertz CT molecular complexity index is 447. The van der Waals surface area contributed by atoms with Crippen molar-refractivity contribution >= 4 is 40.8 Å². The molecule has 0 saturated carbocycles. The molecule has 0 N–H and O–H groups in total. The summed E-state index contributed by atoms with van der Waals surface area (Å²) >= 11 is 17.6. The molecule has 0 aliphatic heterocycles. The number of carbonyl (C=O) groups excluding carboxylic acids is 1. The van der Waals surface area contributed by atoms with Gasteiger partial charge in [-0.3, -0.25) is 4.79 Å². The van der Waals surface area contributed by atoms with E-state index in [1.807, 2.05) is 0 Å². The molecule has 20 heavy (non-hydrogen) atoms. The topological polar surface area (TPSA) is 26.3 Å². The van der Waals surface area contributed by atoms with Crippen LogP contribution in [0.5, 0.6) is 5.75 Å². The second-order valence-corrected chi connectivity index (χ2v) is 5.91. The molecule has 0 heterocycles. The first-order valence-electron chi connectivity index (χ1n) is 6.89. The molecule has 0 aromatic heterocycles. The van der Waals surface area contributed by atoms with Crippen LogP contribution in [0.4, 0.5) is 0 Å². The van der Waals surface area contributed by atoms with Gasteiger partial charge in [0, 0.05) is 12.5 Å². The fraction of sp³-hybridized carbons (Fsp3) is 0.533. The monoisotopic (exact) mass is 336 g/mol. The summed E-state index contributed by atoms with van der Waals surface area (Å²) in [5.74, 6) is -0.0298. The van der Waals surface area contributed by atoms with Gasteiger partial charge in [-0.25, -0.2) is 0 Å². The lowest BCUT2D eigenvalue weighted by molar-refractivity contribution is -0.134. The summed E-state index contributed by atoms with van der Waals surface area (Å²) in [4.78, 5) is 11.7. The van der Waals surface area contributed by atoms with Gasteiger partial charge in [0.15, 0.2) is 5.75 Å². The van der Waals surface area contributed by atoms with E-state index < -0.39 is 0 Å². The highest BCUT2D eigenvalue weighted by Crippen LogP contribution is 2.34. The lowest BCUT2D eigenvalue weighted by Gasteiger charge is -2.07. The maximum Gasteiger partial charge on any atom is 0.311 e. The largest absolute Gasteiger partial charge is 0.425 e. The van der Waals surface area contributed by atoms with Crippen LogP contribution < -0.4 is 4.74 Å². The number of carbonyl (C=O) groups is 1. The molecule has 0 bridgehead atoms. The summed E-state index contributed by atoms with van der Waals surface area (Å²) < 4.78 is 5.19. The van der Waals surface area contributed by atoms with E-state index in [0.29, 0.717) is 16.5 Å². The molecule has 0 radical (unpaired) electrons. The Balaban J connectivity index is 2.34. The van der Waals surface area contributed by atoms with E-state index in [-0.39, 0.29) is 16.7 Å². The Morgan fingerprint density at radius 2 is 1.55 bits per heavy atom. The first kappa shape index (κ1) is 17.6. The van der Waals surface area contributed by atoms with Gasteiger partial charge in [-0.1, -0.05) is 73.8 Å². The normalized spacial score (nSPS) is 10.6. The molecule has 5 heteroatoms. The van der Waals surface area contributed by atoms with Crippen molar-refractivity contribution < 1.29 is 9.53 Å². The fourth-order valence-corrected chi connectivity index (χ4v) is 2.38. The Morgan fingerprint density at radius 1 is 0.950 bits per heavy atom. The number of esters is 1. The van der Waals surface area contributed by atoms with Crippen molar-refractivity contribution in [2.45, 2.75) is 51.9 Å². The highest BCUT2D eigenvalue weighted by atomic mass is 35.5. The predicted molar refractivity (Wildman–Crippen MR) is 85.1 cm³/mol. The summed E-state index contributed by atoms with van der Waals surface area (Å²) in [5, 5.41) is 0.946. The van der Waals surface area contributed by atoms with Gasteiger partial charge in [-0.2, -0.15) is 0 Å². The van der Waals surface area contributed by atoms with E-state index >= 15 is 0 Å². The Kier molecular flexibility index (Phi) is 8.35. The summed E-state index contributed by atoms with van der Waals surface area (Å²) in [6, 6.07) is 2.93. The van der Waals surface area contributed by atoms with Crippen LogP contribution in [0.1, 0.15) is 51.9 Å². The lowest BCUT2D eigenvalue weighted by Crippen LogP contribution is -2.07. The number of ether oxygens (including phenoxy) is 1. The highest BCUT2D eigenvalue weighted by molar-refractivity contribution is 6.43. The van der Waals surface area contributed by atoms with Crippen LogP contribution in [0.15, 0.2) is 12.1 Å². The maximum absolute atomic E-state index is 11.7. The molecule has 0 saturated heterocycles. The number of hydrogen-bond donors (Lipinski definition) is 0. The third-order valence-corrected chi connectivity index (χ3v) is 3.95. The molecular weight excluding hydrogens is 319 g/mol. The average molecular weight is 338 g/mol. The maximum atomic E-state index is 11.7. The van der Waals surface area contributed by atoms with Crippen molar-refractivity contribution in [3.63, 3.8) is 0 Å². The Labute approximate surface area is 135 Å². The minimum atomic E-state index is -0.291. The van der Waals surface area contributed by atoms with E-state index in [1.54, 1.807) is 0 Å². The first-order valence-corrected chi connectivity index (χ1v) is 8.03. The van der Waals surface area contributed by atoms with Crippen LogP contribution in [0.2, 0.25) is 15.1 Å². The zero-order valence-corrected chi connectivity index (χ0v) is 13.8. The second kappa shape index (κ2) is 9.49. The van der Waals surface area contributed by atoms with Gasteiger partial charge in [0.1, 0.15) is 0 Å². The highest BCUT2D eigenvalue weighted by Gasteiger charge is 2.11. The third kappa shape index (κ3) is 6.34. The van der Waals surface area contributed by atoms with Gasteiger partial charge in [0.25, 0.3) is 0 Å². The van der Waals surface area contributed by atoms with Crippen molar-refractivity contribution in [3.05, 3.63) is 27.2 Å². The van der Waals surface area contributed by atoms with Gasteiger partial charge < -0.3 is 4.74 Å². The van der Waals surface area contributed by atoms with Gasteiger partial charge in [0.05, 0.1) is 15.1 Å². The Morgan fingerprint density at radius 3 is 2.25 bits per heavy atom. The first-order chi connectivity index (χ1) is 9.54. The molecule has 1 aromatic rings. The number of unbranched alkanes of at least 4 members (excludes halogenated alkanes) is 5. The molecule has 0 amide bonds. The number of benzene rings is 1. The van der Waals surface area contributed by atoms with Crippen molar-refractivity contribution in [1.82, 2.24) is 0 Å². The van der Waals surface area contributed by atoms with E-state index in [9.17, 15) is 4.79 Å². The molecule has 0 fully saturated rings. The standard InChI is InChI=1S/C15H19Cl3O2/c1-2-3-4-5-6-7-8-15(19)20-14-10-12(17)11(16)9-13(14)18/h9-10H,2-8H2,1H3.